The number of para-hydroxylation sites is 1. The molecule has 0 radical (unpaired) electrons. The number of carbonyl (C=O) groups is 1. The molecule has 0 aliphatic carbocycles. The highest BCUT2D eigenvalue weighted by atomic mass is 79.9. The number of benzene rings is 2. The highest BCUT2D eigenvalue weighted by Crippen LogP contribution is 2.21. The zero-order valence-corrected chi connectivity index (χ0v) is 16.4. The Morgan fingerprint density at radius 3 is 2.72 bits per heavy atom. The average molecular weight is 418 g/mol. The number of hydrogen-bond acceptors (Lipinski definition) is 4. The first-order valence-electron chi connectivity index (χ1n) is 8.14. The fraction of sp³-hybridized carbons (Fsp3) is 0.263. The molecule has 6 heteroatoms. The number of carbonyl (C=O) groups excluding carboxylic acids is 1. The molecule has 3 rings (SSSR count). The molecule has 0 atom stereocenters. The second-order valence-electron chi connectivity index (χ2n) is 5.97. The maximum Gasteiger partial charge on any atom is 0.234 e. The molecule has 0 aliphatic heterocycles. The van der Waals surface area contributed by atoms with E-state index in [1.54, 1.807) is 11.3 Å². The summed E-state index contributed by atoms with van der Waals surface area (Å²) in [6.45, 7) is 1.75. The predicted octanol–water partition coefficient (Wildman–Crippen LogP) is 3.85. The Balaban J connectivity index is 1.42. The van der Waals surface area contributed by atoms with Crippen LogP contribution in [-0.4, -0.2) is 35.9 Å². The van der Waals surface area contributed by atoms with Crippen molar-refractivity contribution in [2.75, 3.05) is 20.1 Å². The Hall–Kier alpha value is -1.76. The van der Waals surface area contributed by atoms with E-state index < -0.39 is 0 Å². The molecule has 25 heavy (non-hydrogen) atoms. The number of amides is 1. The van der Waals surface area contributed by atoms with E-state index >= 15 is 0 Å². The molecule has 0 aliphatic rings. The van der Waals surface area contributed by atoms with Crippen molar-refractivity contribution in [3.8, 4) is 0 Å². The highest BCUT2D eigenvalue weighted by Gasteiger charge is 2.08. The zero-order valence-electron chi connectivity index (χ0n) is 14.0. The molecule has 0 bridgehead atoms. The van der Waals surface area contributed by atoms with Gasteiger partial charge in [-0.1, -0.05) is 40.2 Å². The monoisotopic (exact) mass is 417 g/mol. The third kappa shape index (κ3) is 5.36. The summed E-state index contributed by atoms with van der Waals surface area (Å²) < 4.78 is 2.25. The predicted molar refractivity (Wildman–Crippen MR) is 107 cm³/mol. The molecule has 3 aromatic rings. The first-order valence-corrected chi connectivity index (χ1v) is 9.75. The average Bonchev–Trinajstić information content (AvgIpc) is 2.99. The van der Waals surface area contributed by atoms with Crippen LogP contribution in [-0.2, 0) is 17.8 Å². The van der Waals surface area contributed by atoms with Crippen LogP contribution in [0.2, 0.25) is 0 Å². The number of likely N-dealkylation sites (N-methyl/N-ethyl adjacent to an activating group) is 1. The number of halogens is 1. The van der Waals surface area contributed by atoms with Gasteiger partial charge in [-0.05, 0) is 36.9 Å². The molecule has 130 valence electrons. The van der Waals surface area contributed by atoms with Crippen molar-refractivity contribution in [3.63, 3.8) is 0 Å². The van der Waals surface area contributed by atoms with E-state index in [0.29, 0.717) is 13.1 Å². The van der Waals surface area contributed by atoms with Gasteiger partial charge in [0.05, 0.1) is 21.8 Å². The Morgan fingerprint density at radius 1 is 1.20 bits per heavy atom. The summed E-state index contributed by atoms with van der Waals surface area (Å²) in [7, 11) is 1.95. The van der Waals surface area contributed by atoms with Crippen LogP contribution in [0.3, 0.4) is 0 Å². The summed E-state index contributed by atoms with van der Waals surface area (Å²) in [6.07, 6.45) is 0.765. The summed E-state index contributed by atoms with van der Waals surface area (Å²) in [4.78, 5) is 18.7. The van der Waals surface area contributed by atoms with E-state index in [2.05, 4.69) is 44.4 Å². The second-order valence-corrected chi connectivity index (χ2v) is 8.00. The van der Waals surface area contributed by atoms with Gasteiger partial charge in [0.1, 0.15) is 0 Å². The standard InChI is InChI=1S/C19H20BrN3OS/c1-23(12-14-6-8-15(20)9-7-14)13-18(24)21-11-10-19-22-16-4-2-3-5-17(16)25-19/h2-9H,10-13H2,1H3,(H,21,24). The minimum atomic E-state index is 0.0423. The number of thiazole rings is 1. The van der Waals surface area contributed by atoms with Crippen LogP contribution >= 0.6 is 27.3 Å². The number of aromatic nitrogens is 1. The Kier molecular flexibility index (Phi) is 6.18. The molecular weight excluding hydrogens is 398 g/mol. The fourth-order valence-corrected chi connectivity index (χ4v) is 3.83. The van der Waals surface area contributed by atoms with Gasteiger partial charge in [-0.15, -0.1) is 11.3 Å². The van der Waals surface area contributed by atoms with Crippen molar-refractivity contribution in [1.82, 2.24) is 15.2 Å². The van der Waals surface area contributed by atoms with E-state index in [9.17, 15) is 4.79 Å². The van der Waals surface area contributed by atoms with Gasteiger partial charge < -0.3 is 5.32 Å². The SMILES string of the molecule is CN(CC(=O)NCCc1nc2ccccc2s1)Cc1ccc(Br)cc1. The maximum absolute atomic E-state index is 12.1. The summed E-state index contributed by atoms with van der Waals surface area (Å²) in [5.41, 5.74) is 2.22. The Morgan fingerprint density at radius 2 is 1.96 bits per heavy atom. The number of nitrogens with one attached hydrogen (secondary N) is 1. The van der Waals surface area contributed by atoms with Gasteiger partial charge in [0.25, 0.3) is 0 Å². The minimum absolute atomic E-state index is 0.0423. The molecule has 0 saturated heterocycles. The van der Waals surface area contributed by atoms with Gasteiger partial charge >= 0.3 is 0 Å². The van der Waals surface area contributed by atoms with Crippen LogP contribution in [0.25, 0.3) is 10.2 Å². The second kappa shape index (κ2) is 8.56. The van der Waals surface area contributed by atoms with E-state index in [1.165, 1.54) is 10.3 Å². The Bertz CT molecular complexity index is 814. The number of rotatable bonds is 7. The van der Waals surface area contributed by atoms with Gasteiger partial charge in [-0.2, -0.15) is 0 Å². The quantitative estimate of drug-likeness (QED) is 0.634. The van der Waals surface area contributed by atoms with Crippen LogP contribution < -0.4 is 5.32 Å². The van der Waals surface area contributed by atoms with E-state index in [1.807, 2.05) is 42.3 Å². The number of hydrogen-bond donors (Lipinski definition) is 1. The lowest BCUT2D eigenvalue weighted by atomic mass is 10.2. The van der Waals surface area contributed by atoms with Crippen LogP contribution in [0.1, 0.15) is 10.6 Å². The molecule has 0 spiro atoms. The smallest absolute Gasteiger partial charge is 0.234 e. The van der Waals surface area contributed by atoms with Gasteiger partial charge in [0, 0.05) is 24.0 Å². The van der Waals surface area contributed by atoms with Crippen LogP contribution in [0.15, 0.2) is 53.0 Å². The van der Waals surface area contributed by atoms with E-state index in [4.69, 9.17) is 0 Å². The maximum atomic E-state index is 12.1. The van der Waals surface area contributed by atoms with Crippen LogP contribution in [0.4, 0.5) is 0 Å². The van der Waals surface area contributed by atoms with Gasteiger partial charge in [-0.3, -0.25) is 9.69 Å². The normalized spacial score (nSPS) is 11.2. The summed E-state index contributed by atoms with van der Waals surface area (Å²) in [5.74, 6) is 0.0423. The van der Waals surface area contributed by atoms with Crippen LogP contribution in [0.5, 0.6) is 0 Å². The third-order valence-electron chi connectivity index (χ3n) is 3.78. The molecule has 2 aromatic carbocycles. The number of nitrogens with zero attached hydrogens (tertiary/aromatic N) is 2. The third-order valence-corrected chi connectivity index (χ3v) is 5.40. The molecule has 4 nitrogen and oxygen atoms in total. The van der Waals surface area contributed by atoms with Crippen molar-refractivity contribution in [1.29, 1.82) is 0 Å². The number of fused-ring (bicyclic) bond motifs is 1. The summed E-state index contributed by atoms with van der Waals surface area (Å²) in [5, 5.41) is 4.04. The molecular formula is C19H20BrN3OS. The molecule has 1 amide bonds. The topological polar surface area (TPSA) is 45.2 Å². The van der Waals surface area contributed by atoms with Gasteiger partial charge in [0.15, 0.2) is 0 Å². The van der Waals surface area contributed by atoms with Gasteiger partial charge in [-0.25, -0.2) is 4.98 Å². The largest absolute Gasteiger partial charge is 0.355 e. The van der Waals surface area contributed by atoms with E-state index in [0.717, 1.165) is 28.0 Å². The molecule has 1 aromatic heterocycles. The molecule has 0 fully saturated rings. The lowest BCUT2D eigenvalue weighted by Gasteiger charge is -2.16. The fourth-order valence-electron chi connectivity index (χ4n) is 2.59. The summed E-state index contributed by atoms with van der Waals surface area (Å²) in [6, 6.07) is 16.3. The first kappa shape index (κ1) is 18.0. The minimum Gasteiger partial charge on any atom is -0.355 e. The molecule has 0 unspecified atom stereocenters. The van der Waals surface area contributed by atoms with Crippen molar-refractivity contribution in [2.45, 2.75) is 13.0 Å². The lowest BCUT2D eigenvalue weighted by Crippen LogP contribution is -2.35. The first-order chi connectivity index (χ1) is 12.1. The molecule has 1 N–H and O–H groups in total. The van der Waals surface area contributed by atoms with E-state index in [-0.39, 0.29) is 5.91 Å². The molecule has 1 heterocycles. The van der Waals surface area contributed by atoms with Crippen molar-refractivity contribution in [2.24, 2.45) is 0 Å². The highest BCUT2D eigenvalue weighted by molar-refractivity contribution is 9.10. The van der Waals surface area contributed by atoms with Gasteiger partial charge in [0.2, 0.25) is 5.91 Å². The van der Waals surface area contributed by atoms with Crippen molar-refractivity contribution in [3.05, 3.63) is 63.6 Å². The Labute approximate surface area is 160 Å². The molecule has 0 saturated carbocycles. The summed E-state index contributed by atoms with van der Waals surface area (Å²) >= 11 is 5.12. The van der Waals surface area contributed by atoms with Crippen LogP contribution in [0, 0.1) is 0 Å². The van der Waals surface area contributed by atoms with Crippen molar-refractivity contribution < 1.29 is 4.79 Å². The van der Waals surface area contributed by atoms with Crippen molar-refractivity contribution >= 4 is 43.4 Å². The zero-order chi connectivity index (χ0) is 17.6. The lowest BCUT2D eigenvalue weighted by molar-refractivity contribution is -0.122.